The second-order valence-corrected chi connectivity index (χ2v) is 3.05. The quantitative estimate of drug-likeness (QED) is 0.335. The van der Waals surface area contributed by atoms with Crippen LogP contribution in [0, 0.1) is 0 Å². The van der Waals surface area contributed by atoms with Crippen LogP contribution in [0.2, 0.25) is 0 Å². The number of ether oxygens (including phenoxy) is 1. The highest BCUT2D eigenvalue weighted by Crippen LogP contribution is 1.94. The summed E-state index contributed by atoms with van der Waals surface area (Å²) in [7, 11) is 0. The molecule has 0 amide bonds. The molecule has 0 radical (unpaired) electrons. The summed E-state index contributed by atoms with van der Waals surface area (Å²) < 4.78 is 4.65. The summed E-state index contributed by atoms with van der Waals surface area (Å²) in [6, 6.07) is 0. The SMILES string of the molecule is C=C(C)C(=O)OC=CC=CC=C(C)C(=O)O. The second kappa shape index (κ2) is 7.23. The van der Waals surface area contributed by atoms with E-state index in [0.29, 0.717) is 5.57 Å². The molecule has 0 fully saturated rings. The van der Waals surface area contributed by atoms with Gasteiger partial charge in [-0.25, -0.2) is 9.59 Å². The zero-order valence-corrected chi connectivity index (χ0v) is 9.27. The van der Waals surface area contributed by atoms with Crippen molar-refractivity contribution < 1.29 is 19.4 Å². The van der Waals surface area contributed by atoms with Crippen molar-refractivity contribution in [1.82, 2.24) is 0 Å². The van der Waals surface area contributed by atoms with Gasteiger partial charge in [-0.2, -0.15) is 0 Å². The van der Waals surface area contributed by atoms with Gasteiger partial charge in [-0.15, -0.1) is 0 Å². The van der Waals surface area contributed by atoms with Crippen molar-refractivity contribution in [1.29, 1.82) is 0 Å². The van der Waals surface area contributed by atoms with Crippen LogP contribution < -0.4 is 0 Å². The third kappa shape index (κ3) is 6.37. The van der Waals surface area contributed by atoms with Gasteiger partial charge in [0.2, 0.25) is 0 Å². The lowest BCUT2D eigenvalue weighted by Gasteiger charge is -1.94. The molecule has 1 N–H and O–H groups in total. The van der Waals surface area contributed by atoms with Gasteiger partial charge in [-0.05, 0) is 19.9 Å². The first-order valence-electron chi connectivity index (χ1n) is 4.55. The predicted molar refractivity (Wildman–Crippen MR) is 60.6 cm³/mol. The molecular weight excluding hydrogens is 208 g/mol. The fourth-order valence-corrected chi connectivity index (χ4v) is 0.582. The van der Waals surface area contributed by atoms with Crippen LogP contribution >= 0.6 is 0 Å². The average molecular weight is 222 g/mol. The van der Waals surface area contributed by atoms with Crippen LogP contribution in [0.1, 0.15) is 13.8 Å². The van der Waals surface area contributed by atoms with Crippen molar-refractivity contribution in [2.45, 2.75) is 13.8 Å². The minimum Gasteiger partial charge on any atom is -0.478 e. The highest BCUT2D eigenvalue weighted by Gasteiger charge is 1.98. The highest BCUT2D eigenvalue weighted by molar-refractivity contribution is 5.87. The van der Waals surface area contributed by atoms with E-state index in [9.17, 15) is 9.59 Å². The van der Waals surface area contributed by atoms with E-state index in [2.05, 4.69) is 11.3 Å². The predicted octanol–water partition coefficient (Wildman–Crippen LogP) is 2.21. The van der Waals surface area contributed by atoms with Gasteiger partial charge in [0, 0.05) is 11.1 Å². The largest absolute Gasteiger partial charge is 0.478 e. The molecule has 0 spiro atoms. The van der Waals surface area contributed by atoms with E-state index in [-0.39, 0.29) is 5.57 Å². The van der Waals surface area contributed by atoms with E-state index < -0.39 is 11.9 Å². The molecule has 0 aliphatic carbocycles. The third-order valence-corrected chi connectivity index (χ3v) is 1.51. The van der Waals surface area contributed by atoms with Gasteiger partial charge in [-0.1, -0.05) is 24.8 Å². The molecule has 0 bridgehead atoms. The van der Waals surface area contributed by atoms with E-state index in [1.807, 2.05) is 0 Å². The van der Waals surface area contributed by atoms with Crippen LogP contribution in [0.25, 0.3) is 0 Å². The Labute approximate surface area is 94.2 Å². The van der Waals surface area contributed by atoms with Crippen molar-refractivity contribution >= 4 is 11.9 Å². The van der Waals surface area contributed by atoms with E-state index >= 15 is 0 Å². The van der Waals surface area contributed by atoms with Gasteiger partial charge in [0.25, 0.3) is 0 Å². The Kier molecular flexibility index (Phi) is 6.28. The zero-order chi connectivity index (χ0) is 12.6. The molecule has 0 heterocycles. The highest BCUT2D eigenvalue weighted by atomic mass is 16.5. The van der Waals surface area contributed by atoms with Crippen molar-refractivity contribution in [2.24, 2.45) is 0 Å². The van der Waals surface area contributed by atoms with E-state index in [1.54, 1.807) is 13.0 Å². The third-order valence-electron chi connectivity index (χ3n) is 1.51. The van der Waals surface area contributed by atoms with Gasteiger partial charge < -0.3 is 9.84 Å². The molecule has 0 unspecified atom stereocenters. The molecule has 0 atom stereocenters. The summed E-state index contributed by atoms with van der Waals surface area (Å²) in [5.74, 6) is -1.47. The minimum absolute atomic E-state index is 0.226. The van der Waals surface area contributed by atoms with E-state index in [4.69, 9.17) is 5.11 Å². The summed E-state index contributed by atoms with van der Waals surface area (Å²) in [6.45, 7) is 6.44. The Balaban J connectivity index is 4.07. The molecule has 0 saturated carbocycles. The molecular formula is C12H14O4. The lowest BCUT2D eigenvalue weighted by Crippen LogP contribution is -1.98. The summed E-state index contributed by atoms with van der Waals surface area (Å²) in [5, 5.41) is 8.52. The first-order chi connectivity index (χ1) is 7.45. The fourth-order valence-electron chi connectivity index (χ4n) is 0.582. The lowest BCUT2D eigenvalue weighted by molar-refractivity contribution is -0.134. The number of aliphatic carboxylic acids is 1. The molecule has 4 nitrogen and oxygen atoms in total. The second-order valence-electron chi connectivity index (χ2n) is 3.05. The average Bonchev–Trinajstić information content (AvgIpc) is 2.21. The first-order valence-corrected chi connectivity index (χ1v) is 4.55. The number of esters is 1. The maximum Gasteiger partial charge on any atom is 0.337 e. The standard InChI is InChI=1S/C12H14O4/c1-9(2)12(15)16-8-6-4-5-7-10(3)11(13)14/h4-8H,1H2,2-3H3,(H,13,14). The summed E-state index contributed by atoms with van der Waals surface area (Å²) >= 11 is 0. The fraction of sp³-hybridized carbons (Fsp3) is 0.167. The molecule has 0 aromatic heterocycles. The molecule has 0 aliphatic rings. The molecule has 16 heavy (non-hydrogen) atoms. The Morgan fingerprint density at radius 2 is 1.81 bits per heavy atom. The van der Waals surface area contributed by atoms with Crippen LogP contribution in [-0.4, -0.2) is 17.0 Å². The Morgan fingerprint density at radius 1 is 1.19 bits per heavy atom. The van der Waals surface area contributed by atoms with Gasteiger partial charge in [0.1, 0.15) is 0 Å². The van der Waals surface area contributed by atoms with Crippen molar-refractivity contribution in [3.63, 3.8) is 0 Å². The number of hydrogen-bond donors (Lipinski definition) is 1. The van der Waals surface area contributed by atoms with E-state index in [0.717, 1.165) is 0 Å². The van der Waals surface area contributed by atoms with Crippen molar-refractivity contribution in [3.05, 3.63) is 48.3 Å². The number of carbonyl (C=O) groups is 2. The molecule has 0 aromatic rings. The summed E-state index contributed by atoms with van der Waals surface area (Å²) in [5.41, 5.74) is 0.541. The van der Waals surface area contributed by atoms with Gasteiger partial charge in [0.05, 0.1) is 6.26 Å². The number of carboxylic acid groups (broad SMARTS) is 1. The maximum absolute atomic E-state index is 10.9. The van der Waals surface area contributed by atoms with Crippen LogP contribution in [0.3, 0.4) is 0 Å². The Morgan fingerprint density at radius 3 is 2.31 bits per heavy atom. The Bertz CT molecular complexity index is 372. The van der Waals surface area contributed by atoms with Crippen LogP contribution in [-0.2, 0) is 14.3 Å². The van der Waals surface area contributed by atoms with Gasteiger partial charge in [-0.3, -0.25) is 0 Å². The number of carbonyl (C=O) groups excluding carboxylic acids is 1. The maximum atomic E-state index is 10.9. The van der Waals surface area contributed by atoms with Crippen LogP contribution in [0.4, 0.5) is 0 Å². The summed E-state index contributed by atoms with van der Waals surface area (Å²) in [4.78, 5) is 21.3. The number of rotatable bonds is 5. The lowest BCUT2D eigenvalue weighted by atomic mass is 10.3. The molecule has 86 valence electrons. The van der Waals surface area contributed by atoms with Crippen molar-refractivity contribution in [3.8, 4) is 0 Å². The van der Waals surface area contributed by atoms with Crippen molar-refractivity contribution in [2.75, 3.05) is 0 Å². The zero-order valence-electron chi connectivity index (χ0n) is 9.27. The van der Waals surface area contributed by atoms with Gasteiger partial charge in [0.15, 0.2) is 0 Å². The molecule has 0 rings (SSSR count). The molecule has 4 heteroatoms. The summed E-state index contributed by atoms with van der Waals surface area (Å²) in [6.07, 6.45) is 7.21. The smallest absolute Gasteiger partial charge is 0.337 e. The molecule has 0 aromatic carbocycles. The topological polar surface area (TPSA) is 63.6 Å². The first kappa shape index (κ1) is 13.9. The van der Waals surface area contributed by atoms with Crippen LogP contribution in [0.5, 0.6) is 0 Å². The van der Waals surface area contributed by atoms with Gasteiger partial charge >= 0.3 is 11.9 Å². The number of hydrogen-bond acceptors (Lipinski definition) is 3. The number of allylic oxidation sites excluding steroid dienone is 4. The minimum atomic E-state index is -0.970. The molecule has 0 aliphatic heterocycles. The van der Waals surface area contributed by atoms with Crippen LogP contribution in [0.15, 0.2) is 48.3 Å². The monoisotopic (exact) mass is 222 g/mol. The number of carboxylic acids is 1. The van der Waals surface area contributed by atoms with E-state index in [1.165, 1.54) is 31.4 Å². The Hall–Kier alpha value is -2.10. The normalized spacial score (nSPS) is 12.0. The molecule has 0 saturated heterocycles.